The van der Waals surface area contributed by atoms with E-state index in [0.29, 0.717) is 6.42 Å². The van der Waals surface area contributed by atoms with Gasteiger partial charge in [-0.05, 0) is 31.7 Å². The molecule has 1 unspecified atom stereocenters. The Bertz CT molecular complexity index is 280. The first-order chi connectivity index (χ1) is 6.70. The molecule has 2 nitrogen and oxygen atoms in total. The predicted octanol–water partition coefficient (Wildman–Crippen LogP) is 1.96. The molecule has 1 aromatic rings. The highest BCUT2D eigenvalue weighted by atomic mass is 16.3. The number of benzene rings is 1. The highest BCUT2D eigenvalue weighted by Gasteiger charge is 2.08. The van der Waals surface area contributed by atoms with Crippen molar-refractivity contribution in [3.63, 3.8) is 0 Å². The number of aliphatic hydroxyl groups is 1. The van der Waals surface area contributed by atoms with Crippen molar-refractivity contribution in [1.82, 2.24) is 0 Å². The Balaban J connectivity index is 2.26. The molecule has 0 saturated carbocycles. The van der Waals surface area contributed by atoms with Gasteiger partial charge in [0, 0.05) is 0 Å². The number of aryl methyl sites for hydroxylation is 1. The molecule has 0 spiro atoms. The molecule has 0 saturated heterocycles. The first-order valence-electron chi connectivity index (χ1n) is 4.92. The standard InChI is InChI=1S/C12H16O2/c1-10(13)12(14)9-5-8-11-6-3-2-4-7-11/h2-4,6-7,12,14H,5,8-9H2,1H3. The summed E-state index contributed by atoms with van der Waals surface area (Å²) in [5.41, 5.74) is 1.25. The van der Waals surface area contributed by atoms with Crippen molar-refractivity contribution in [2.75, 3.05) is 0 Å². The summed E-state index contributed by atoms with van der Waals surface area (Å²) in [6, 6.07) is 10.1. The Morgan fingerprint density at radius 1 is 1.36 bits per heavy atom. The molecule has 76 valence electrons. The van der Waals surface area contributed by atoms with Gasteiger partial charge in [0.1, 0.15) is 6.10 Å². The van der Waals surface area contributed by atoms with Gasteiger partial charge in [0.15, 0.2) is 5.78 Å². The Labute approximate surface area is 84.6 Å². The molecule has 0 aliphatic rings. The van der Waals surface area contributed by atoms with E-state index in [2.05, 4.69) is 12.1 Å². The van der Waals surface area contributed by atoms with Gasteiger partial charge in [0.25, 0.3) is 0 Å². The van der Waals surface area contributed by atoms with Crippen molar-refractivity contribution in [2.45, 2.75) is 32.3 Å². The van der Waals surface area contributed by atoms with E-state index in [-0.39, 0.29) is 5.78 Å². The molecule has 0 fully saturated rings. The number of carbonyl (C=O) groups is 1. The SMILES string of the molecule is CC(=O)C(O)CCCc1ccccc1. The molecule has 0 aliphatic carbocycles. The van der Waals surface area contributed by atoms with E-state index in [4.69, 9.17) is 0 Å². The van der Waals surface area contributed by atoms with Crippen molar-refractivity contribution in [1.29, 1.82) is 0 Å². The zero-order valence-corrected chi connectivity index (χ0v) is 8.44. The van der Waals surface area contributed by atoms with Crippen LogP contribution in [0, 0.1) is 0 Å². The van der Waals surface area contributed by atoms with Gasteiger partial charge in [-0.2, -0.15) is 0 Å². The molecule has 0 radical (unpaired) electrons. The van der Waals surface area contributed by atoms with Gasteiger partial charge < -0.3 is 5.11 Å². The van der Waals surface area contributed by atoms with Crippen LogP contribution in [-0.4, -0.2) is 17.0 Å². The Kier molecular flexibility index (Phi) is 4.33. The van der Waals surface area contributed by atoms with E-state index < -0.39 is 6.10 Å². The summed E-state index contributed by atoms with van der Waals surface area (Å²) in [4.78, 5) is 10.7. The van der Waals surface area contributed by atoms with Crippen LogP contribution in [0.4, 0.5) is 0 Å². The van der Waals surface area contributed by atoms with Crippen LogP contribution in [0.25, 0.3) is 0 Å². The Morgan fingerprint density at radius 2 is 2.00 bits per heavy atom. The van der Waals surface area contributed by atoms with E-state index in [9.17, 15) is 9.90 Å². The quantitative estimate of drug-likeness (QED) is 0.774. The van der Waals surface area contributed by atoms with Crippen LogP contribution in [0.5, 0.6) is 0 Å². The molecular formula is C12H16O2. The van der Waals surface area contributed by atoms with Gasteiger partial charge in [-0.25, -0.2) is 0 Å². The smallest absolute Gasteiger partial charge is 0.158 e. The van der Waals surface area contributed by atoms with E-state index in [1.54, 1.807) is 0 Å². The van der Waals surface area contributed by atoms with Gasteiger partial charge in [-0.15, -0.1) is 0 Å². The second-order valence-corrected chi connectivity index (χ2v) is 3.50. The third kappa shape index (κ3) is 3.71. The molecule has 1 atom stereocenters. The van der Waals surface area contributed by atoms with Gasteiger partial charge in [0.2, 0.25) is 0 Å². The third-order valence-corrected chi connectivity index (χ3v) is 2.26. The fourth-order valence-corrected chi connectivity index (χ4v) is 1.35. The lowest BCUT2D eigenvalue weighted by Crippen LogP contribution is -2.16. The normalized spacial score (nSPS) is 12.4. The number of hydrogen-bond acceptors (Lipinski definition) is 2. The van der Waals surface area contributed by atoms with Crippen LogP contribution in [0.1, 0.15) is 25.3 Å². The van der Waals surface area contributed by atoms with Gasteiger partial charge in [-0.1, -0.05) is 30.3 Å². The minimum atomic E-state index is -0.779. The molecule has 0 bridgehead atoms. The van der Waals surface area contributed by atoms with Crippen LogP contribution in [-0.2, 0) is 11.2 Å². The maximum Gasteiger partial charge on any atom is 0.158 e. The fraction of sp³-hybridized carbons (Fsp3) is 0.417. The van der Waals surface area contributed by atoms with E-state index >= 15 is 0 Å². The highest BCUT2D eigenvalue weighted by molar-refractivity contribution is 5.79. The monoisotopic (exact) mass is 192 g/mol. The van der Waals surface area contributed by atoms with Crippen LogP contribution < -0.4 is 0 Å². The van der Waals surface area contributed by atoms with Gasteiger partial charge in [-0.3, -0.25) is 4.79 Å². The average Bonchev–Trinajstić information content (AvgIpc) is 2.19. The van der Waals surface area contributed by atoms with E-state index in [1.165, 1.54) is 12.5 Å². The fourth-order valence-electron chi connectivity index (χ4n) is 1.35. The van der Waals surface area contributed by atoms with Crippen LogP contribution in [0.2, 0.25) is 0 Å². The summed E-state index contributed by atoms with van der Waals surface area (Å²) in [7, 11) is 0. The second-order valence-electron chi connectivity index (χ2n) is 3.50. The molecule has 1 aromatic carbocycles. The Morgan fingerprint density at radius 3 is 2.57 bits per heavy atom. The lowest BCUT2D eigenvalue weighted by atomic mass is 10.0. The molecule has 0 aliphatic heterocycles. The zero-order valence-electron chi connectivity index (χ0n) is 8.44. The molecule has 0 heterocycles. The van der Waals surface area contributed by atoms with Crippen molar-refractivity contribution >= 4 is 5.78 Å². The zero-order chi connectivity index (χ0) is 10.4. The number of Topliss-reactive ketones (excluding diaryl/α,β-unsaturated/α-hetero) is 1. The molecule has 1 rings (SSSR count). The van der Waals surface area contributed by atoms with Crippen LogP contribution in [0.3, 0.4) is 0 Å². The number of carbonyl (C=O) groups excluding carboxylic acids is 1. The van der Waals surface area contributed by atoms with Crippen molar-refractivity contribution in [3.05, 3.63) is 35.9 Å². The van der Waals surface area contributed by atoms with Crippen molar-refractivity contribution in [3.8, 4) is 0 Å². The summed E-state index contributed by atoms with van der Waals surface area (Å²) >= 11 is 0. The predicted molar refractivity (Wildman–Crippen MR) is 56.1 cm³/mol. The first kappa shape index (κ1) is 10.9. The molecule has 2 heteroatoms. The molecule has 0 amide bonds. The Hall–Kier alpha value is -1.15. The van der Waals surface area contributed by atoms with Crippen LogP contribution >= 0.6 is 0 Å². The van der Waals surface area contributed by atoms with Crippen molar-refractivity contribution < 1.29 is 9.90 Å². The molecule has 14 heavy (non-hydrogen) atoms. The minimum absolute atomic E-state index is 0.141. The number of ketones is 1. The summed E-state index contributed by atoms with van der Waals surface area (Å²) in [5, 5.41) is 9.25. The lowest BCUT2D eigenvalue weighted by molar-refractivity contribution is -0.125. The van der Waals surface area contributed by atoms with Crippen molar-refractivity contribution in [2.24, 2.45) is 0 Å². The van der Waals surface area contributed by atoms with Gasteiger partial charge >= 0.3 is 0 Å². The topological polar surface area (TPSA) is 37.3 Å². The van der Waals surface area contributed by atoms with Crippen LogP contribution in [0.15, 0.2) is 30.3 Å². The molecule has 1 N–H and O–H groups in total. The molecular weight excluding hydrogens is 176 g/mol. The summed E-state index contributed by atoms with van der Waals surface area (Å²) in [5.74, 6) is -0.141. The number of aliphatic hydroxyl groups excluding tert-OH is 1. The third-order valence-electron chi connectivity index (χ3n) is 2.26. The summed E-state index contributed by atoms with van der Waals surface area (Å²) in [6.45, 7) is 1.42. The average molecular weight is 192 g/mol. The maximum atomic E-state index is 10.7. The second kappa shape index (κ2) is 5.55. The van der Waals surface area contributed by atoms with Gasteiger partial charge in [0.05, 0.1) is 0 Å². The largest absolute Gasteiger partial charge is 0.385 e. The maximum absolute atomic E-state index is 10.7. The number of rotatable bonds is 5. The molecule has 0 aromatic heterocycles. The first-order valence-corrected chi connectivity index (χ1v) is 4.92. The summed E-state index contributed by atoms with van der Waals surface area (Å²) < 4.78 is 0. The summed E-state index contributed by atoms with van der Waals surface area (Å²) in [6.07, 6.45) is 1.55. The highest BCUT2D eigenvalue weighted by Crippen LogP contribution is 2.06. The lowest BCUT2D eigenvalue weighted by Gasteiger charge is -2.05. The van der Waals surface area contributed by atoms with E-state index in [0.717, 1.165) is 12.8 Å². The number of hydrogen-bond donors (Lipinski definition) is 1. The minimum Gasteiger partial charge on any atom is -0.385 e. The van der Waals surface area contributed by atoms with E-state index in [1.807, 2.05) is 18.2 Å².